The SMILES string of the molecule is COC(=O)c1ccc(Cc2c(C(=O)OC)n(-c3ccccc3)c3nc(C)ccc3c2=O)cn1. The summed E-state index contributed by atoms with van der Waals surface area (Å²) >= 11 is 0. The molecule has 0 unspecified atom stereocenters. The summed E-state index contributed by atoms with van der Waals surface area (Å²) in [4.78, 5) is 46.9. The second-order valence-corrected chi connectivity index (χ2v) is 7.36. The molecule has 0 aliphatic heterocycles. The number of ether oxygens (including phenoxy) is 2. The maximum absolute atomic E-state index is 13.5. The van der Waals surface area contributed by atoms with Gasteiger partial charge in [-0.2, -0.15) is 0 Å². The van der Waals surface area contributed by atoms with E-state index in [2.05, 4.69) is 14.7 Å². The van der Waals surface area contributed by atoms with E-state index < -0.39 is 11.9 Å². The van der Waals surface area contributed by atoms with Crippen LogP contribution >= 0.6 is 0 Å². The van der Waals surface area contributed by atoms with E-state index in [9.17, 15) is 14.4 Å². The normalized spacial score (nSPS) is 10.8. The first-order valence-corrected chi connectivity index (χ1v) is 10.2. The standard InChI is InChI=1S/C25H21N3O5/c1-15-9-11-18-22(29)19(13-16-10-12-20(26-14-16)24(30)32-2)21(25(31)33-3)28(23(18)27-15)17-7-5-4-6-8-17/h4-12,14H,13H2,1-3H3. The zero-order chi connectivity index (χ0) is 23.5. The highest BCUT2D eigenvalue weighted by atomic mass is 16.5. The van der Waals surface area contributed by atoms with Crippen molar-refractivity contribution in [1.82, 2.24) is 14.5 Å². The molecule has 0 saturated carbocycles. The van der Waals surface area contributed by atoms with Crippen LogP contribution in [-0.4, -0.2) is 40.7 Å². The molecule has 0 saturated heterocycles. The lowest BCUT2D eigenvalue weighted by molar-refractivity contribution is 0.0583. The van der Waals surface area contributed by atoms with Crippen LogP contribution in [0.15, 0.2) is 65.6 Å². The number of aromatic nitrogens is 3. The van der Waals surface area contributed by atoms with Gasteiger partial charge >= 0.3 is 11.9 Å². The minimum Gasteiger partial charge on any atom is -0.464 e. The number of benzene rings is 1. The second kappa shape index (κ2) is 9.04. The molecule has 0 bridgehead atoms. The van der Waals surface area contributed by atoms with Crippen molar-refractivity contribution >= 4 is 23.0 Å². The Morgan fingerprint density at radius 1 is 0.939 bits per heavy atom. The molecule has 8 heteroatoms. The van der Waals surface area contributed by atoms with Gasteiger partial charge in [0.1, 0.15) is 17.0 Å². The molecule has 3 heterocycles. The summed E-state index contributed by atoms with van der Waals surface area (Å²) in [5.41, 5.74) is 2.56. The van der Waals surface area contributed by atoms with Gasteiger partial charge in [0.2, 0.25) is 0 Å². The lowest BCUT2D eigenvalue weighted by atomic mass is 10.0. The van der Waals surface area contributed by atoms with Crippen LogP contribution in [0.2, 0.25) is 0 Å². The zero-order valence-electron chi connectivity index (χ0n) is 18.4. The zero-order valence-corrected chi connectivity index (χ0v) is 18.4. The number of methoxy groups -OCH3 is 2. The van der Waals surface area contributed by atoms with Crippen LogP contribution in [-0.2, 0) is 15.9 Å². The predicted octanol–water partition coefficient (Wildman–Crippen LogP) is 3.25. The molecule has 0 spiro atoms. The number of nitrogens with zero attached hydrogens (tertiary/aromatic N) is 3. The molecule has 1 aromatic carbocycles. The van der Waals surface area contributed by atoms with Gasteiger partial charge in [-0.1, -0.05) is 24.3 Å². The van der Waals surface area contributed by atoms with Crippen molar-refractivity contribution in [3.63, 3.8) is 0 Å². The molecule has 4 rings (SSSR count). The van der Waals surface area contributed by atoms with Crippen LogP contribution in [0.5, 0.6) is 0 Å². The molecule has 3 aromatic heterocycles. The minimum atomic E-state index is -0.657. The fraction of sp³-hybridized carbons (Fsp3) is 0.160. The van der Waals surface area contributed by atoms with Crippen LogP contribution in [0.3, 0.4) is 0 Å². The van der Waals surface area contributed by atoms with E-state index >= 15 is 0 Å². The molecule has 4 aromatic rings. The summed E-state index contributed by atoms with van der Waals surface area (Å²) in [6.45, 7) is 1.82. The first kappa shape index (κ1) is 21.9. The fourth-order valence-electron chi connectivity index (χ4n) is 3.66. The van der Waals surface area contributed by atoms with E-state index in [0.29, 0.717) is 28.0 Å². The molecule has 0 radical (unpaired) electrons. The molecule has 166 valence electrons. The van der Waals surface area contributed by atoms with E-state index in [1.54, 1.807) is 22.8 Å². The van der Waals surface area contributed by atoms with Crippen molar-refractivity contribution in [2.24, 2.45) is 0 Å². The third-order valence-electron chi connectivity index (χ3n) is 5.25. The number of esters is 2. The van der Waals surface area contributed by atoms with Crippen molar-refractivity contribution < 1.29 is 19.1 Å². The molecule has 33 heavy (non-hydrogen) atoms. The van der Waals surface area contributed by atoms with Crippen LogP contribution in [0.25, 0.3) is 16.7 Å². The number of pyridine rings is 3. The quantitative estimate of drug-likeness (QED) is 0.437. The number of fused-ring (bicyclic) bond motifs is 1. The Hall–Kier alpha value is -4.33. The van der Waals surface area contributed by atoms with Gasteiger partial charge in [0.15, 0.2) is 5.43 Å². The Labute approximate surface area is 189 Å². The van der Waals surface area contributed by atoms with Crippen molar-refractivity contribution in [2.45, 2.75) is 13.3 Å². The summed E-state index contributed by atoms with van der Waals surface area (Å²) in [7, 11) is 2.55. The minimum absolute atomic E-state index is 0.0938. The van der Waals surface area contributed by atoms with Crippen molar-refractivity contribution in [1.29, 1.82) is 0 Å². The largest absolute Gasteiger partial charge is 0.464 e. The van der Waals surface area contributed by atoms with Gasteiger partial charge < -0.3 is 9.47 Å². The number of rotatable bonds is 5. The van der Waals surface area contributed by atoms with Crippen molar-refractivity contribution in [2.75, 3.05) is 14.2 Å². The van der Waals surface area contributed by atoms with Gasteiger partial charge in [-0.15, -0.1) is 0 Å². The number of carbonyl (C=O) groups excluding carboxylic acids is 2. The highest BCUT2D eigenvalue weighted by Gasteiger charge is 2.25. The van der Waals surface area contributed by atoms with Gasteiger partial charge in [-0.25, -0.2) is 19.6 Å². The Kier molecular flexibility index (Phi) is 5.99. The number of hydrogen-bond donors (Lipinski definition) is 0. The number of carbonyl (C=O) groups is 2. The predicted molar refractivity (Wildman–Crippen MR) is 122 cm³/mol. The average molecular weight is 443 g/mol. The van der Waals surface area contributed by atoms with Gasteiger partial charge in [0.05, 0.1) is 19.6 Å². The van der Waals surface area contributed by atoms with Crippen LogP contribution in [0, 0.1) is 6.92 Å². The summed E-state index contributed by atoms with van der Waals surface area (Å²) in [5.74, 6) is -1.22. The molecular weight excluding hydrogens is 422 g/mol. The van der Waals surface area contributed by atoms with E-state index in [1.807, 2.05) is 37.3 Å². The monoisotopic (exact) mass is 443 g/mol. The lowest BCUT2D eigenvalue weighted by Crippen LogP contribution is -2.25. The van der Waals surface area contributed by atoms with Gasteiger partial charge in [0.25, 0.3) is 0 Å². The number of para-hydroxylation sites is 1. The second-order valence-electron chi connectivity index (χ2n) is 7.36. The van der Waals surface area contributed by atoms with Crippen molar-refractivity contribution in [3.05, 3.63) is 99.2 Å². The Morgan fingerprint density at radius 3 is 2.30 bits per heavy atom. The van der Waals surface area contributed by atoms with E-state index in [-0.39, 0.29) is 28.8 Å². The smallest absolute Gasteiger partial charge is 0.356 e. The highest BCUT2D eigenvalue weighted by Crippen LogP contribution is 2.23. The number of hydrogen-bond acceptors (Lipinski definition) is 7. The van der Waals surface area contributed by atoms with Crippen LogP contribution in [0.4, 0.5) is 0 Å². The van der Waals surface area contributed by atoms with E-state index in [1.165, 1.54) is 26.5 Å². The van der Waals surface area contributed by atoms with E-state index in [0.717, 1.165) is 0 Å². The summed E-state index contributed by atoms with van der Waals surface area (Å²) < 4.78 is 11.4. The third kappa shape index (κ3) is 4.10. The lowest BCUT2D eigenvalue weighted by Gasteiger charge is -2.19. The molecule has 0 amide bonds. The molecule has 0 fully saturated rings. The van der Waals surface area contributed by atoms with Gasteiger partial charge in [-0.3, -0.25) is 9.36 Å². The first-order chi connectivity index (χ1) is 15.9. The topological polar surface area (TPSA) is 100 Å². The average Bonchev–Trinajstić information content (AvgIpc) is 2.85. The van der Waals surface area contributed by atoms with Crippen LogP contribution < -0.4 is 5.43 Å². The first-order valence-electron chi connectivity index (χ1n) is 10.2. The van der Waals surface area contributed by atoms with Crippen molar-refractivity contribution in [3.8, 4) is 5.69 Å². The molecule has 0 N–H and O–H groups in total. The maximum Gasteiger partial charge on any atom is 0.356 e. The maximum atomic E-state index is 13.5. The summed E-state index contributed by atoms with van der Waals surface area (Å²) in [6, 6.07) is 15.9. The Bertz CT molecular complexity index is 1410. The van der Waals surface area contributed by atoms with E-state index in [4.69, 9.17) is 4.74 Å². The third-order valence-corrected chi connectivity index (χ3v) is 5.25. The molecule has 0 aliphatic carbocycles. The van der Waals surface area contributed by atoms with Gasteiger partial charge in [0, 0.05) is 29.6 Å². The number of aryl methyl sites for hydroxylation is 1. The molecule has 0 atom stereocenters. The summed E-state index contributed by atoms with van der Waals surface area (Å²) in [5, 5.41) is 0.381. The Morgan fingerprint density at radius 2 is 1.67 bits per heavy atom. The van der Waals surface area contributed by atoms with Gasteiger partial charge in [-0.05, 0) is 42.8 Å². The molecule has 8 nitrogen and oxygen atoms in total. The molecular formula is C25H21N3O5. The Balaban J connectivity index is 2.00. The fourth-order valence-corrected chi connectivity index (χ4v) is 3.66. The summed E-state index contributed by atoms with van der Waals surface area (Å²) in [6.07, 6.45) is 1.59. The highest BCUT2D eigenvalue weighted by molar-refractivity contribution is 5.94. The van der Waals surface area contributed by atoms with Crippen LogP contribution in [0.1, 0.15) is 37.8 Å². The molecule has 0 aliphatic rings.